The molecule has 2 aromatic heterocycles. The lowest BCUT2D eigenvalue weighted by Gasteiger charge is -2.21. The van der Waals surface area contributed by atoms with Gasteiger partial charge in [-0.2, -0.15) is 0 Å². The van der Waals surface area contributed by atoms with Crippen LogP contribution in [0, 0.1) is 0 Å². The molecule has 128 valence electrons. The van der Waals surface area contributed by atoms with Gasteiger partial charge in [-0.1, -0.05) is 0 Å². The summed E-state index contributed by atoms with van der Waals surface area (Å²) in [6, 6.07) is 3.62. The minimum atomic E-state index is -0.294. The van der Waals surface area contributed by atoms with Crippen LogP contribution in [-0.2, 0) is 0 Å². The Morgan fingerprint density at radius 1 is 1.21 bits per heavy atom. The smallest absolute Gasteiger partial charge is 0.320 e. The molecule has 8 heteroatoms. The number of anilines is 2. The van der Waals surface area contributed by atoms with E-state index in [0.717, 1.165) is 38.4 Å². The number of rotatable bonds is 3. The van der Waals surface area contributed by atoms with Crippen LogP contribution in [0.4, 0.5) is 16.4 Å². The molecule has 0 bridgehead atoms. The van der Waals surface area contributed by atoms with Gasteiger partial charge in [0.15, 0.2) is 11.5 Å². The number of nitrogens with one attached hydrogen (secondary N) is 2. The minimum Gasteiger partial charge on any atom is -0.355 e. The van der Waals surface area contributed by atoms with Crippen LogP contribution in [0.3, 0.4) is 0 Å². The molecule has 3 heterocycles. The van der Waals surface area contributed by atoms with Crippen LogP contribution in [-0.4, -0.2) is 65.7 Å². The van der Waals surface area contributed by atoms with E-state index in [9.17, 15) is 4.79 Å². The molecule has 0 saturated carbocycles. The molecular formula is C16H23N7O. The molecule has 24 heavy (non-hydrogen) atoms. The average molecular weight is 329 g/mol. The van der Waals surface area contributed by atoms with Crippen molar-refractivity contribution < 1.29 is 4.79 Å². The number of amides is 2. The van der Waals surface area contributed by atoms with Gasteiger partial charge in [-0.3, -0.25) is 5.32 Å². The van der Waals surface area contributed by atoms with Crippen molar-refractivity contribution in [1.82, 2.24) is 25.2 Å². The Balaban J connectivity index is 1.82. The van der Waals surface area contributed by atoms with Crippen molar-refractivity contribution in [3.63, 3.8) is 0 Å². The number of urea groups is 1. The molecule has 1 saturated heterocycles. The lowest BCUT2D eigenvalue weighted by atomic mass is 10.3. The first kappa shape index (κ1) is 16.4. The van der Waals surface area contributed by atoms with Crippen molar-refractivity contribution in [2.24, 2.45) is 0 Å². The van der Waals surface area contributed by atoms with Crippen LogP contribution in [0.1, 0.15) is 13.3 Å². The molecule has 3 rings (SSSR count). The molecule has 0 spiro atoms. The molecule has 1 aliphatic heterocycles. The van der Waals surface area contributed by atoms with E-state index in [2.05, 4.69) is 42.4 Å². The lowest BCUT2D eigenvalue weighted by Crippen LogP contribution is -2.29. The maximum absolute atomic E-state index is 11.6. The maximum atomic E-state index is 11.6. The van der Waals surface area contributed by atoms with E-state index in [-0.39, 0.29) is 6.03 Å². The van der Waals surface area contributed by atoms with E-state index < -0.39 is 0 Å². The predicted molar refractivity (Wildman–Crippen MR) is 94.4 cm³/mol. The molecule has 2 aromatic rings. The zero-order chi connectivity index (χ0) is 16.9. The van der Waals surface area contributed by atoms with Crippen LogP contribution in [0.25, 0.3) is 11.2 Å². The maximum Gasteiger partial charge on any atom is 0.320 e. The zero-order valence-corrected chi connectivity index (χ0v) is 14.1. The summed E-state index contributed by atoms with van der Waals surface area (Å²) in [4.78, 5) is 29.6. The van der Waals surface area contributed by atoms with E-state index >= 15 is 0 Å². The number of carbonyl (C=O) groups excluding carboxylic acids is 1. The second-order valence-corrected chi connectivity index (χ2v) is 5.90. The predicted octanol–water partition coefficient (Wildman–Crippen LogP) is 1.31. The second kappa shape index (κ2) is 7.39. The summed E-state index contributed by atoms with van der Waals surface area (Å²) in [5.41, 5.74) is 1.26. The van der Waals surface area contributed by atoms with Crippen LogP contribution in [0.5, 0.6) is 0 Å². The quantitative estimate of drug-likeness (QED) is 0.883. The molecule has 0 aromatic carbocycles. The largest absolute Gasteiger partial charge is 0.355 e. The molecule has 2 amide bonds. The Labute approximate surface area is 141 Å². The first-order valence-electron chi connectivity index (χ1n) is 8.28. The van der Waals surface area contributed by atoms with E-state index in [1.807, 2.05) is 19.1 Å². The Bertz CT molecular complexity index is 721. The molecular weight excluding hydrogens is 306 g/mol. The Morgan fingerprint density at radius 3 is 2.92 bits per heavy atom. The second-order valence-electron chi connectivity index (χ2n) is 5.90. The monoisotopic (exact) mass is 329 g/mol. The van der Waals surface area contributed by atoms with Gasteiger partial charge in [0, 0.05) is 26.2 Å². The third-order valence-electron chi connectivity index (χ3n) is 4.01. The van der Waals surface area contributed by atoms with E-state index in [1.165, 1.54) is 0 Å². The van der Waals surface area contributed by atoms with Gasteiger partial charge in [0.2, 0.25) is 0 Å². The van der Waals surface area contributed by atoms with Crippen molar-refractivity contribution in [3.05, 3.63) is 18.3 Å². The number of fused-ring (bicyclic) bond motifs is 1. The number of likely N-dealkylation sites (N-methyl/N-ethyl adjacent to an activating group) is 1. The fourth-order valence-corrected chi connectivity index (χ4v) is 2.72. The molecule has 1 aliphatic rings. The molecule has 8 nitrogen and oxygen atoms in total. The van der Waals surface area contributed by atoms with E-state index in [1.54, 1.807) is 6.20 Å². The minimum absolute atomic E-state index is 0.294. The molecule has 0 radical (unpaired) electrons. The summed E-state index contributed by atoms with van der Waals surface area (Å²) < 4.78 is 0. The fraction of sp³-hybridized carbons (Fsp3) is 0.500. The van der Waals surface area contributed by atoms with Gasteiger partial charge in [0.05, 0.1) is 6.20 Å². The summed E-state index contributed by atoms with van der Waals surface area (Å²) in [6.07, 6.45) is 2.65. The van der Waals surface area contributed by atoms with Gasteiger partial charge in [0.1, 0.15) is 11.3 Å². The van der Waals surface area contributed by atoms with Crippen LogP contribution in [0.15, 0.2) is 18.3 Å². The first-order valence-corrected chi connectivity index (χ1v) is 8.28. The summed E-state index contributed by atoms with van der Waals surface area (Å²) >= 11 is 0. The first-order chi connectivity index (χ1) is 11.7. The Kier molecular flexibility index (Phi) is 5.05. The van der Waals surface area contributed by atoms with Gasteiger partial charge in [-0.15, -0.1) is 0 Å². The van der Waals surface area contributed by atoms with Crippen LogP contribution in [0.2, 0.25) is 0 Å². The molecule has 0 aliphatic carbocycles. The summed E-state index contributed by atoms with van der Waals surface area (Å²) in [6.45, 7) is 6.46. The number of hydrogen-bond acceptors (Lipinski definition) is 6. The van der Waals surface area contributed by atoms with Crippen LogP contribution < -0.4 is 15.5 Å². The summed E-state index contributed by atoms with van der Waals surface area (Å²) in [5.74, 6) is 1.30. The third kappa shape index (κ3) is 3.88. The molecule has 1 fully saturated rings. The van der Waals surface area contributed by atoms with Gasteiger partial charge in [-0.25, -0.2) is 19.7 Å². The summed E-state index contributed by atoms with van der Waals surface area (Å²) in [5, 5.41) is 5.33. The Morgan fingerprint density at radius 2 is 2.08 bits per heavy atom. The van der Waals surface area contributed by atoms with Crippen molar-refractivity contribution in [3.8, 4) is 0 Å². The highest BCUT2D eigenvalue weighted by Gasteiger charge is 2.14. The fourth-order valence-electron chi connectivity index (χ4n) is 2.72. The molecule has 0 atom stereocenters. The highest BCUT2D eigenvalue weighted by Crippen LogP contribution is 2.18. The lowest BCUT2D eigenvalue weighted by molar-refractivity contribution is 0.252. The normalized spacial score (nSPS) is 16.0. The standard InChI is InChI=1S/C16H23N7O/c1-3-17-16(24)20-13-11-18-12-5-6-14(21-15(12)19-13)23-8-4-7-22(2)9-10-23/h5-6,11H,3-4,7-10H2,1-2H3,(H2,17,19,20,21,24). The number of nitrogens with zero attached hydrogens (tertiary/aromatic N) is 5. The van der Waals surface area contributed by atoms with E-state index in [4.69, 9.17) is 0 Å². The van der Waals surface area contributed by atoms with Gasteiger partial charge in [0.25, 0.3) is 0 Å². The third-order valence-corrected chi connectivity index (χ3v) is 4.01. The van der Waals surface area contributed by atoms with Crippen molar-refractivity contribution in [2.75, 3.05) is 50.0 Å². The van der Waals surface area contributed by atoms with Crippen molar-refractivity contribution in [2.45, 2.75) is 13.3 Å². The van der Waals surface area contributed by atoms with Gasteiger partial charge >= 0.3 is 6.03 Å². The summed E-state index contributed by atoms with van der Waals surface area (Å²) in [7, 11) is 2.14. The molecule has 0 unspecified atom stereocenters. The van der Waals surface area contributed by atoms with Crippen molar-refractivity contribution >= 4 is 28.8 Å². The highest BCUT2D eigenvalue weighted by molar-refractivity contribution is 5.89. The van der Waals surface area contributed by atoms with Gasteiger partial charge in [-0.05, 0) is 39.1 Å². The topological polar surface area (TPSA) is 86.3 Å². The average Bonchev–Trinajstić information content (AvgIpc) is 2.79. The number of hydrogen-bond donors (Lipinski definition) is 2. The Hall–Kier alpha value is -2.48. The van der Waals surface area contributed by atoms with Crippen LogP contribution >= 0.6 is 0 Å². The zero-order valence-electron chi connectivity index (χ0n) is 14.1. The van der Waals surface area contributed by atoms with Gasteiger partial charge < -0.3 is 15.1 Å². The SMILES string of the molecule is CCNC(=O)Nc1cnc2ccc(N3CCCN(C)CC3)nc2n1. The van der Waals surface area contributed by atoms with Crippen molar-refractivity contribution in [1.29, 1.82) is 0 Å². The number of pyridine rings is 1. The number of carbonyl (C=O) groups is 1. The molecule has 2 N–H and O–H groups in total. The number of aromatic nitrogens is 3. The highest BCUT2D eigenvalue weighted by atomic mass is 16.2. The van der Waals surface area contributed by atoms with E-state index in [0.29, 0.717) is 23.5 Å².